The predicted octanol–water partition coefficient (Wildman–Crippen LogP) is 4.71. The first kappa shape index (κ1) is 13.3. The van der Waals surface area contributed by atoms with E-state index in [9.17, 15) is 0 Å². The Hall–Kier alpha value is -1.67. The fraction of sp³-hybridized carbons (Fsp3) is 0.294. The molecule has 0 saturated heterocycles. The van der Waals surface area contributed by atoms with Crippen molar-refractivity contribution < 1.29 is 4.74 Å². The number of halogens is 1. The van der Waals surface area contributed by atoms with Gasteiger partial charge < -0.3 is 10.1 Å². The van der Waals surface area contributed by atoms with Crippen molar-refractivity contribution in [2.24, 2.45) is 0 Å². The van der Waals surface area contributed by atoms with Crippen LogP contribution in [0.2, 0.25) is 5.02 Å². The number of rotatable bonds is 4. The average molecular weight is 288 g/mol. The van der Waals surface area contributed by atoms with Gasteiger partial charge in [0.1, 0.15) is 5.75 Å². The Morgan fingerprint density at radius 1 is 1.00 bits per heavy atom. The Labute approximate surface area is 124 Å². The Morgan fingerprint density at radius 3 is 2.25 bits per heavy atom. The molecule has 2 nitrogen and oxygen atoms in total. The molecule has 1 fully saturated rings. The van der Waals surface area contributed by atoms with Crippen molar-refractivity contribution in [3.63, 3.8) is 0 Å². The zero-order valence-corrected chi connectivity index (χ0v) is 12.2. The topological polar surface area (TPSA) is 21.3 Å². The van der Waals surface area contributed by atoms with E-state index in [4.69, 9.17) is 16.3 Å². The first-order valence-corrected chi connectivity index (χ1v) is 7.28. The molecule has 0 spiro atoms. The molecule has 3 rings (SSSR count). The minimum atomic E-state index is 0.559. The van der Waals surface area contributed by atoms with Gasteiger partial charge in [-0.3, -0.25) is 0 Å². The van der Waals surface area contributed by atoms with Crippen LogP contribution in [0.5, 0.6) is 5.75 Å². The number of ether oxygens (including phenoxy) is 1. The molecule has 2 aromatic carbocycles. The van der Waals surface area contributed by atoms with Gasteiger partial charge in [-0.05, 0) is 60.7 Å². The highest BCUT2D eigenvalue weighted by atomic mass is 35.5. The molecule has 0 radical (unpaired) electrons. The second-order valence-corrected chi connectivity index (χ2v) is 5.73. The van der Waals surface area contributed by atoms with Crippen molar-refractivity contribution in [2.45, 2.75) is 24.8 Å². The monoisotopic (exact) mass is 287 g/mol. The van der Waals surface area contributed by atoms with Gasteiger partial charge in [0.05, 0.1) is 7.11 Å². The van der Waals surface area contributed by atoms with E-state index in [2.05, 4.69) is 17.4 Å². The quantitative estimate of drug-likeness (QED) is 0.879. The van der Waals surface area contributed by atoms with Crippen LogP contribution in [0.1, 0.15) is 24.3 Å². The van der Waals surface area contributed by atoms with Crippen LogP contribution in [0.4, 0.5) is 5.69 Å². The fourth-order valence-electron chi connectivity index (χ4n) is 2.67. The van der Waals surface area contributed by atoms with Gasteiger partial charge in [0.25, 0.3) is 0 Å². The summed E-state index contributed by atoms with van der Waals surface area (Å²) in [7, 11) is 1.70. The zero-order chi connectivity index (χ0) is 13.9. The summed E-state index contributed by atoms with van der Waals surface area (Å²) >= 11 is 5.89. The minimum absolute atomic E-state index is 0.559. The number of methoxy groups -OCH3 is 1. The molecule has 1 saturated carbocycles. The van der Waals surface area contributed by atoms with Crippen LogP contribution in [0.3, 0.4) is 0 Å². The number of hydrogen-bond acceptors (Lipinski definition) is 2. The van der Waals surface area contributed by atoms with Gasteiger partial charge in [0.2, 0.25) is 0 Å². The van der Waals surface area contributed by atoms with Crippen LogP contribution < -0.4 is 10.1 Å². The lowest BCUT2D eigenvalue weighted by Crippen LogP contribution is -2.33. The van der Waals surface area contributed by atoms with E-state index in [-0.39, 0.29) is 0 Å². The van der Waals surface area contributed by atoms with Gasteiger partial charge in [-0.2, -0.15) is 0 Å². The van der Waals surface area contributed by atoms with E-state index in [0.717, 1.165) is 16.5 Å². The van der Waals surface area contributed by atoms with Crippen molar-refractivity contribution in [1.29, 1.82) is 0 Å². The molecule has 104 valence electrons. The molecule has 1 aliphatic rings. The van der Waals surface area contributed by atoms with Crippen LogP contribution in [-0.4, -0.2) is 13.2 Å². The fourth-order valence-corrected chi connectivity index (χ4v) is 2.79. The van der Waals surface area contributed by atoms with Gasteiger partial charge in [0.15, 0.2) is 0 Å². The van der Waals surface area contributed by atoms with Crippen LogP contribution in [0.25, 0.3) is 0 Å². The second-order valence-electron chi connectivity index (χ2n) is 5.29. The molecule has 0 amide bonds. The molecular formula is C17H18ClNO. The number of nitrogens with one attached hydrogen (secondary N) is 1. The molecule has 20 heavy (non-hydrogen) atoms. The van der Waals surface area contributed by atoms with E-state index in [1.165, 1.54) is 18.4 Å². The third-order valence-electron chi connectivity index (χ3n) is 3.94. The summed E-state index contributed by atoms with van der Waals surface area (Å²) in [6, 6.07) is 16.9. The maximum absolute atomic E-state index is 5.89. The average Bonchev–Trinajstić information content (AvgIpc) is 2.45. The molecule has 1 N–H and O–H groups in total. The van der Waals surface area contributed by atoms with Crippen LogP contribution >= 0.6 is 11.6 Å². The summed E-state index contributed by atoms with van der Waals surface area (Å²) in [4.78, 5) is 0. The van der Waals surface area contributed by atoms with Gasteiger partial charge in [-0.1, -0.05) is 23.7 Å². The predicted molar refractivity (Wildman–Crippen MR) is 83.8 cm³/mol. The Balaban J connectivity index is 1.54. The van der Waals surface area contributed by atoms with Crippen molar-refractivity contribution in [3.8, 4) is 5.75 Å². The van der Waals surface area contributed by atoms with Crippen molar-refractivity contribution in [3.05, 3.63) is 59.1 Å². The highest BCUT2D eigenvalue weighted by Gasteiger charge is 2.30. The highest BCUT2D eigenvalue weighted by Crippen LogP contribution is 2.39. The lowest BCUT2D eigenvalue weighted by atomic mass is 9.76. The summed E-state index contributed by atoms with van der Waals surface area (Å²) in [5, 5.41) is 4.32. The Morgan fingerprint density at radius 2 is 1.65 bits per heavy atom. The van der Waals surface area contributed by atoms with Gasteiger partial charge in [0, 0.05) is 16.8 Å². The van der Waals surface area contributed by atoms with Crippen molar-refractivity contribution in [2.75, 3.05) is 12.4 Å². The van der Waals surface area contributed by atoms with Crippen molar-refractivity contribution >= 4 is 17.3 Å². The standard InChI is InChI=1S/C17H18ClNO/c1-20-17-8-2-12(3-9-17)13-10-16(11-13)19-15-6-4-14(18)5-7-15/h2-9,13,16,19H,10-11H2,1H3. The molecule has 3 heteroatoms. The summed E-state index contributed by atoms with van der Waals surface area (Å²) in [6.07, 6.45) is 2.35. The molecule has 0 atom stereocenters. The zero-order valence-electron chi connectivity index (χ0n) is 11.5. The number of anilines is 1. The molecular weight excluding hydrogens is 270 g/mol. The Bertz CT molecular complexity index is 559. The van der Waals surface area contributed by atoms with Crippen LogP contribution in [-0.2, 0) is 0 Å². The smallest absolute Gasteiger partial charge is 0.118 e. The maximum Gasteiger partial charge on any atom is 0.118 e. The molecule has 0 bridgehead atoms. The number of benzene rings is 2. The van der Waals surface area contributed by atoms with E-state index in [1.807, 2.05) is 36.4 Å². The highest BCUT2D eigenvalue weighted by molar-refractivity contribution is 6.30. The van der Waals surface area contributed by atoms with Crippen LogP contribution in [0.15, 0.2) is 48.5 Å². The van der Waals surface area contributed by atoms with E-state index < -0.39 is 0 Å². The first-order valence-electron chi connectivity index (χ1n) is 6.90. The Kier molecular flexibility index (Phi) is 3.83. The lowest BCUT2D eigenvalue weighted by molar-refractivity contribution is 0.373. The summed E-state index contributed by atoms with van der Waals surface area (Å²) in [5.41, 5.74) is 2.55. The van der Waals surface area contributed by atoms with Crippen LogP contribution in [0, 0.1) is 0 Å². The molecule has 0 unspecified atom stereocenters. The maximum atomic E-state index is 5.89. The largest absolute Gasteiger partial charge is 0.497 e. The third kappa shape index (κ3) is 2.91. The second kappa shape index (κ2) is 5.76. The summed E-state index contributed by atoms with van der Waals surface area (Å²) in [5.74, 6) is 1.58. The summed E-state index contributed by atoms with van der Waals surface area (Å²) in [6.45, 7) is 0. The molecule has 0 heterocycles. The lowest BCUT2D eigenvalue weighted by Gasteiger charge is -2.37. The third-order valence-corrected chi connectivity index (χ3v) is 4.19. The summed E-state index contributed by atoms with van der Waals surface area (Å²) < 4.78 is 5.19. The van der Waals surface area contributed by atoms with E-state index in [1.54, 1.807) is 7.11 Å². The first-order chi connectivity index (χ1) is 9.74. The van der Waals surface area contributed by atoms with E-state index >= 15 is 0 Å². The van der Waals surface area contributed by atoms with Crippen molar-refractivity contribution in [1.82, 2.24) is 0 Å². The normalized spacial score (nSPS) is 21.1. The van der Waals surface area contributed by atoms with Gasteiger partial charge in [-0.15, -0.1) is 0 Å². The molecule has 2 aromatic rings. The SMILES string of the molecule is COc1ccc(C2CC(Nc3ccc(Cl)cc3)C2)cc1. The molecule has 0 aliphatic heterocycles. The minimum Gasteiger partial charge on any atom is -0.497 e. The van der Waals surface area contributed by atoms with E-state index in [0.29, 0.717) is 12.0 Å². The molecule has 1 aliphatic carbocycles. The van der Waals surface area contributed by atoms with Gasteiger partial charge in [-0.25, -0.2) is 0 Å². The molecule has 0 aromatic heterocycles. The number of hydrogen-bond donors (Lipinski definition) is 1. The van der Waals surface area contributed by atoms with Gasteiger partial charge >= 0.3 is 0 Å².